The third kappa shape index (κ3) is 5.21. The van der Waals surface area contributed by atoms with Crippen molar-refractivity contribution in [3.63, 3.8) is 0 Å². The molecule has 2 heterocycles. The van der Waals surface area contributed by atoms with Crippen molar-refractivity contribution >= 4 is 17.7 Å². The third-order valence-corrected chi connectivity index (χ3v) is 4.98. The molecule has 1 fully saturated rings. The van der Waals surface area contributed by atoms with Crippen molar-refractivity contribution in [2.75, 3.05) is 36.4 Å². The number of aromatic nitrogens is 2. The molecule has 28 heavy (non-hydrogen) atoms. The van der Waals surface area contributed by atoms with Crippen LogP contribution >= 0.6 is 0 Å². The number of aryl methyl sites for hydroxylation is 1. The van der Waals surface area contributed by atoms with E-state index >= 15 is 0 Å². The van der Waals surface area contributed by atoms with Crippen molar-refractivity contribution in [1.29, 1.82) is 0 Å². The number of rotatable bonds is 6. The van der Waals surface area contributed by atoms with Gasteiger partial charge in [-0.1, -0.05) is 32.9 Å². The maximum absolute atomic E-state index is 12.3. The molecule has 0 aliphatic carbocycles. The van der Waals surface area contributed by atoms with Gasteiger partial charge in [0.2, 0.25) is 5.95 Å². The van der Waals surface area contributed by atoms with Crippen LogP contribution in [-0.4, -0.2) is 42.1 Å². The molecule has 6 heteroatoms. The van der Waals surface area contributed by atoms with Gasteiger partial charge in [-0.15, -0.1) is 0 Å². The zero-order valence-corrected chi connectivity index (χ0v) is 17.4. The molecule has 150 valence electrons. The van der Waals surface area contributed by atoms with Crippen LogP contribution in [0.5, 0.6) is 0 Å². The van der Waals surface area contributed by atoms with E-state index in [4.69, 9.17) is 0 Å². The summed E-state index contributed by atoms with van der Waals surface area (Å²) in [6.45, 7) is 11.7. The summed E-state index contributed by atoms with van der Waals surface area (Å²) in [7, 11) is 0. The molecular weight excluding hydrogens is 350 g/mol. The van der Waals surface area contributed by atoms with Crippen LogP contribution in [0.1, 0.15) is 55.2 Å². The van der Waals surface area contributed by atoms with Gasteiger partial charge >= 0.3 is 0 Å². The highest BCUT2D eigenvalue weighted by Crippen LogP contribution is 2.22. The number of nitrogens with one attached hydrogen (secondary N) is 2. The number of anilines is 2. The van der Waals surface area contributed by atoms with E-state index in [1.807, 2.05) is 37.3 Å². The predicted molar refractivity (Wildman–Crippen MR) is 114 cm³/mol. The quantitative estimate of drug-likeness (QED) is 0.749. The number of nitrogens with zero attached hydrogens (tertiary/aromatic N) is 3. The molecule has 3 rings (SSSR count). The van der Waals surface area contributed by atoms with Gasteiger partial charge in [-0.2, -0.15) is 4.98 Å². The summed E-state index contributed by atoms with van der Waals surface area (Å²) in [5.74, 6) is 1.53. The number of amides is 1. The van der Waals surface area contributed by atoms with E-state index in [2.05, 4.69) is 46.3 Å². The van der Waals surface area contributed by atoms with E-state index < -0.39 is 0 Å². The van der Waals surface area contributed by atoms with Crippen molar-refractivity contribution < 1.29 is 4.79 Å². The summed E-state index contributed by atoms with van der Waals surface area (Å²) in [5.41, 5.74) is 2.93. The molecule has 0 bridgehead atoms. The van der Waals surface area contributed by atoms with Crippen LogP contribution in [-0.2, 0) is 5.41 Å². The minimum atomic E-state index is -0.0647. The third-order valence-electron chi connectivity index (χ3n) is 4.98. The number of carbonyl (C=O) groups excluding carboxylic acids is 1. The average Bonchev–Trinajstić information content (AvgIpc) is 3.19. The second-order valence-electron chi connectivity index (χ2n) is 8.40. The number of hydrogen-bond acceptors (Lipinski definition) is 5. The van der Waals surface area contributed by atoms with Gasteiger partial charge in [0.05, 0.1) is 0 Å². The fraction of sp³-hybridized carbons (Fsp3) is 0.500. The van der Waals surface area contributed by atoms with Crippen molar-refractivity contribution in [3.8, 4) is 0 Å². The zero-order chi connectivity index (χ0) is 20.1. The largest absolute Gasteiger partial charge is 0.356 e. The number of benzene rings is 1. The summed E-state index contributed by atoms with van der Waals surface area (Å²) in [6.07, 6.45) is 2.43. The molecule has 2 N–H and O–H groups in total. The Bertz CT molecular complexity index is 805. The topological polar surface area (TPSA) is 70.2 Å². The number of hydrogen-bond donors (Lipinski definition) is 2. The van der Waals surface area contributed by atoms with Crippen LogP contribution in [0.25, 0.3) is 0 Å². The molecule has 1 aliphatic heterocycles. The Balaban J connectivity index is 1.49. The molecule has 1 aliphatic rings. The monoisotopic (exact) mass is 381 g/mol. The SMILES string of the molecule is Cc1cc(N2CCCC2)nc(NCCNC(=O)c2ccc(C(C)(C)C)cc2)n1. The molecule has 1 aromatic heterocycles. The maximum atomic E-state index is 12.3. The molecule has 1 aromatic carbocycles. The van der Waals surface area contributed by atoms with E-state index in [-0.39, 0.29) is 11.3 Å². The Morgan fingerprint density at radius 3 is 2.39 bits per heavy atom. The van der Waals surface area contributed by atoms with Gasteiger partial charge in [-0.25, -0.2) is 4.98 Å². The first-order valence-corrected chi connectivity index (χ1v) is 10.1. The Hall–Kier alpha value is -2.63. The summed E-state index contributed by atoms with van der Waals surface area (Å²) >= 11 is 0. The average molecular weight is 382 g/mol. The lowest BCUT2D eigenvalue weighted by Gasteiger charge is -2.19. The first-order chi connectivity index (χ1) is 13.3. The van der Waals surface area contributed by atoms with Crippen LogP contribution in [0.2, 0.25) is 0 Å². The van der Waals surface area contributed by atoms with Gasteiger partial charge < -0.3 is 15.5 Å². The highest BCUT2D eigenvalue weighted by molar-refractivity contribution is 5.94. The minimum Gasteiger partial charge on any atom is -0.356 e. The van der Waals surface area contributed by atoms with Gasteiger partial charge in [-0.3, -0.25) is 4.79 Å². The van der Waals surface area contributed by atoms with Crippen molar-refractivity contribution in [2.45, 2.75) is 46.0 Å². The summed E-state index contributed by atoms with van der Waals surface area (Å²) in [6, 6.07) is 9.84. The molecule has 0 spiro atoms. The van der Waals surface area contributed by atoms with Gasteiger partial charge in [0.25, 0.3) is 5.91 Å². The molecule has 1 saturated heterocycles. The normalized spacial score (nSPS) is 14.2. The molecule has 0 saturated carbocycles. The number of carbonyl (C=O) groups is 1. The Morgan fingerprint density at radius 2 is 1.75 bits per heavy atom. The molecular formula is C22H31N5O. The van der Waals surface area contributed by atoms with Crippen molar-refractivity contribution in [1.82, 2.24) is 15.3 Å². The lowest BCUT2D eigenvalue weighted by atomic mass is 9.87. The molecule has 0 radical (unpaired) electrons. The standard InChI is InChI=1S/C22H31N5O/c1-16-15-19(27-13-5-6-14-27)26-21(25-16)24-12-11-23-20(28)17-7-9-18(10-8-17)22(2,3)4/h7-10,15H,5-6,11-14H2,1-4H3,(H,23,28)(H,24,25,26). The van der Waals surface area contributed by atoms with E-state index in [1.54, 1.807) is 0 Å². The van der Waals surface area contributed by atoms with Crippen molar-refractivity contribution in [2.24, 2.45) is 0 Å². The Labute approximate surface area is 167 Å². The summed E-state index contributed by atoms with van der Waals surface area (Å²) < 4.78 is 0. The smallest absolute Gasteiger partial charge is 0.251 e. The molecule has 0 atom stereocenters. The highest BCUT2D eigenvalue weighted by atomic mass is 16.1. The lowest BCUT2D eigenvalue weighted by Crippen LogP contribution is -2.29. The van der Waals surface area contributed by atoms with Crippen LogP contribution in [0.15, 0.2) is 30.3 Å². The zero-order valence-electron chi connectivity index (χ0n) is 17.4. The molecule has 1 amide bonds. The van der Waals surface area contributed by atoms with Crippen LogP contribution in [0, 0.1) is 6.92 Å². The molecule has 0 unspecified atom stereocenters. The fourth-order valence-electron chi connectivity index (χ4n) is 3.31. The fourth-order valence-corrected chi connectivity index (χ4v) is 3.31. The van der Waals surface area contributed by atoms with Gasteiger partial charge in [0, 0.05) is 43.5 Å². The van der Waals surface area contributed by atoms with Crippen LogP contribution in [0.3, 0.4) is 0 Å². The van der Waals surface area contributed by atoms with E-state index in [0.29, 0.717) is 24.6 Å². The van der Waals surface area contributed by atoms with Crippen LogP contribution in [0.4, 0.5) is 11.8 Å². The predicted octanol–water partition coefficient (Wildman–Crippen LogP) is 3.52. The minimum absolute atomic E-state index is 0.0647. The van der Waals surface area contributed by atoms with E-state index in [9.17, 15) is 4.79 Å². The van der Waals surface area contributed by atoms with Gasteiger partial charge in [0.15, 0.2) is 0 Å². The second-order valence-corrected chi connectivity index (χ2v) is 8.40. The lowest BCUT2D eigenvalue weighted by molar-refractivity contribution is 0.0955. The van der Waals surface area contributed by atoms with E-state index in [1.165, 1.54) is 18.4 Å². The molecule has 6 nitrogen and oxygen atoms in total. The second kappa shape index (κ2) is 8.59. The first kappa shape index (κ1) is 20.1. The highest BCUT2D eigenvalue weighted by Gasteiger charge is 2.16. The first-order valence-electron chi connectivity index (χ1n) is 10.1. The Morgan fingerprint density at radius 1 is 1.07 bits per heavy atom. The van der Waals surface area contributed by atoms with E-state index in [0.717, 1.165) is 24.6 Å². The van der Waals surface area contributed by atoms with Crippen LogP contribution < -0.4 is 15.5 Å². The van der Waals surface area contributed by atoms with Gasteiger partial charge in [0.1, 0.15) is 5.82 Å². The summed E-state index contributed by atoms with van der Waals surface area (Å²) in [4.78, 5) is 23.7. The molecule has 2 aromatic rings. The summed E-state index contributed by atoms with van der Waals surface area (Å²) in [5, 5.41) is 6.17. The van der Waals surface area contributed by atoms with Gasteiger partial charge in [-0.05, 0) is 42.9 Å². The Kier molecular flexibility index (Phi) is 6.17. The maximum Gasteiger partial charge on any atom is 0.251 e. The van der Waals surface area contributed by atoms with Crippen molar-refractivity contribution in [3.05, 3.63) is 47.2 Å².